The van der Waals surface area contributed by atoms with Gasteiger partial charge < -0.3 is 5.32 Å². The molecule has 20 heavy (non-hydrogen) atoms. The molecule has 1 aromatic carbocycles. The van der Waals surface area contributed by atoms with E-state index in [0.717, 1.165) is 20.0 Å². The van der Waals surface area contributed by atoms with Gasteiger partial charge in [-0.05, 0) is 30.5 Å². The molecule has 1 aliphatic rings. The summed E-state index contributed by atoms with van der Waals surface area (Å²) in [5.74, 6) is 0. The summed E-state index contributed by atoms with van der Waals surface area (Å²) >= 11 is 0. The molecular weight excluding hydrogens is 293 g/mol. The van der Waals surface area contributed by atoms with E-state index >= 15 is 0 Å². The Kier molecular flexibility index (Phi) is 3.97. The highest BCUT2D eigenvalue weighted by molar-refractivity contribution is 7.89. The third-order valence-corrected chi connectivity index (χ3v) is 5.03. The molecule has 1 N–H and O–H groups in total. The third-order valence-electron chi connectivity index (χ3n) is 3.14. The van der Waals surface area contributed by atoms with Gasteiger partial charge in [-0.2, -0.15) is 17.5 Å². The Hall–Kier alpha value is -1.28. The number of nitrogens with zero attached hydrogens (tertiary/aromatic N) is 1. The second-order valence-corrected chi connectivity index (χ2v) is 6.70. The topological polar surface area (TPSA) is 49.4 Å². The van der Waals surface area contributed by atoms with Gasteiger partial charge in [0.05, 0.1) is 4.90 Å². The maximum Gasteiger partial charge on any atom is 0.402 e. The molecule has 0 fully saturated rings. The number of halogens is 3. The van der Waals surface area contributed by atoms with Gasteiger partial charge in [-0.1, -0.05) is 6.07 Å². The van der Waals surface area contributed by atoms with Crippen molar-refractivity contribution in [1.82, 2.24) is 4.31 Å². The van der Waals surface area contributed by atoms with Crippen molar-refractivity contribution in [2.75, 3.05) is 25.5 Å². The Balaban J connectivity index is 2.40. The molecule has 0 amide bonds. The molecule has 112 valence electrons. The van der Waals surface area contributed by atoms with Gasteiger partial charge in [-0.25, -0.2) is 8.42 Å². The maximum absolute atomic E-state index is 12.4. The number of sulfonamides is 1. The molecule has 4 nitrogen and oxygen atoms in total. The lowest BCUT2D eigenvalue weighted by molar-refractivity contribution is -0.134. The summed E-state index contributed by atoms with van der Waals surface area (Å²) in [4.78, 5) is -0.0473. The van der Waals surface area contributed by atoms with Crippen LogP contribution in [0.2, 0.25) is 0 Å². The van der Waals surface area contributed by atoms with Crippen LogP contribution in [-0.2, 0) is 16.4 Å². The Bertz CT molecular complexity index is 599. The fourth-order valence-electron chi connectivity index (χ4n) is 2.22. The molecule has 0 atom stereocenters. The number of rotatable bonds is 3. The van der Waals surface area contributed by atoms with Gasteiger partial charge in [0.1, 0.15) is 6.54 Å². The maximum atomic E-state index is 12.4. The van der Waals surface area contributed by atoms with Gasteiger partial charge in [0.25, 0.3) is 0 Å². The molecule has 1 aromatic rings. The molecule has 2 rings (SSSR count). The summed E-state index contributed by atoms with van der Waals surface area (Å²) < 4.78 is 62.0. The zero-order chi connectivity index (χ0) is 15.0. The molecular formula is C12H15F3N2O2S. The van der Waals surface area contributed by atoms with Crippen LogP contribution in [0.25, 0.3) is 0 Å². The van der Waals surface area contributed by atoms with Crippen LogP contribution in [0.15, 0.2) is 23.1 Å². The van der Waals surface area contributed by atoms with E-state index < -0.39 is 22.7 Å². The number of fused-ring (bicyclic) bond motifs is 1. The fraction of sp³-hybridized carbons (Fsp3) is 0.500. The SMILES string of the molecule is CN(CC(F)(F)F)S(=O)(=O)c1cccc2c1CCCN2. The molecule has 0 radical (unpaired) electrons. The molecule has 0 saturated carbocycles. The van der Waals surface area contributed by atoms with Crippen LogP contribution in [0.4, 0.5) is 18.9 Å². The average Bonchev–Trinajstić information content (AvgIpc) is 2.36. The fourth-order valence-corrected chi connectivity index (χ4v) is 3.65. The molecule has 1 heterocycles. The lowest BCUT2D eigenvalue weighted by Gasteiger charge is -2.24. The Morgan fingerprint density at radius 1 is 1.35 bits per heavy atom. The number of anilines is 1. The second-order valence-electron chi connectivity index (χ2n) is 4.69. The van der Waals surface area contributed by atoms with E-state index in [1.165, 1.54) is 12.1 Å². The largest absolute Gasteiger partial charge is 0.402 e. The van der Waals surface area contributed by atoms with Crippen LogP contribution >= 0.6 is 0 Å². The number of benzene rings is 1. The highest BCUT2D eigenvalue weighted by Gasteiger charge is 2.36. The van der Waals surface area contributed by atoms with Crippen LogP contribution in [0.5, 0.6) is 0 Å². The van der Waals surface area contributed by atoms with Gasteiger partial charge in [0.15, 0.2) is 0 Å². The summed E-state index contributed by atoms with van der Waals surface area (Å²) in [6.45, 7) is -0.763. The molecule has 0 aliphatic carbocycles. The van der Waals surface area contributed by atoms with E-state index in [0.29, 0.717) is 22.0 Å². The van der Waals surface area contributed by atoms with Crippen molar-refractivity contribution in [3.63, 3.8) is 0 Å². The van der Waals surface area contributed by atoms with Crippen LogP contribution in [0, 0.1) is 0 Å². The minimum absolute atomic E-state index is 0.0473. The summed E-state index contributed by atoms with van der Waals surface area (Å²) in [6, 6.07) is 4.62. The first-order valence-electron chi connectivity index (χ1n) is 6.11. The van der Waals surface area contributed by atoms with Crippen molar-refractivity contribution in [1.29, 1.82) is 0 Å². The van der Waals surface area contributed by atoms with Crippen LogP contribution in [0.1, 0.15) is 12.0 Å². The van der Waals surface area contributed by atoms with E-state index in [1.807, 2.05) is 0 Å². The van der Waals surface area contributed by atoms with Gasteiger partial charge in [-0.15, -0.1) is 0 Å². The second kappa shape index (κ2) is 5.25. The van der Waals surface area contributed by atoms with Crippen molar-refractivity contribution in [3.8, 4) is 0 Å². The van der Waals surface area contributed by atoms with E-state index in [-0.39, 0.29) is 4.90 Å². The number of hydrogen-bond acceptors (Lipinski definition) is 3. The molecule has 8 heteroatoms. The number of hydrogen-bond donors (Lipinski definition) is 1. The minimum Gasteiger partial charge on any atom is -0.385 e. The van der Waals surface area contributed by atoms with E-state index in [9.17, 15) is 21.6 Å². The molecule has 0 aromatic heterocycles. The van der Waals surface area contributed by atoms with Crippen molar-refractivity contribution in [2.24, 2.45) is 0 Å². The van der Waals surface area contributed by atoms with Crippen LogP contribution in [-0.4, -0.2) is 39.0 Å². The first kappa shape index (κ1) is 15.1. The quantitative estimate of drug-likeness (QED) is 0.931. The minimum atomic E-state index is -4.56. The van der Waals surface area contributed by atoms with Crippen molar-refractivity contribution in [2.45, 2.75) is 23.9 Å². The number of alkyl halides is 3. The summed E-state index contributed by atoms with van der Waals surface area (Å²) in [5.41, 5.74) is 1.24. The average molecular weight is 308 g/mol. The third kappa shape index (κ3) is 3.06. The Morgan fingerprint density at radius 3 is 2.70 bits per heavy atom. The lowest BCUT2D eigenvalue weighted by atomic mass is 10.0. The first-order chi connectivity index (χ1) is 9.22. The van der Waals surface area contributed by atoms with Gasteiger partial charge in [0.2, 0.25) is 10.0 Å². The molecule has 0 unspecified atom stereocenters. The van der Waals surface area contributed by atoms with Crippen molar-refractivity contribution in [3.05, 3.63) is 23.8 Å². The summed E-state index contributed by atoms with van der Waals surface area (Å²) in [7, 11) is -3.20. The molecule has 0 bridgehead atoms. The summed E-state index contributed by atoms with van der Waals surface area (Å²) in [5, 5.41) is 3.06. The van der Waals surface area contributed by atoms with Gasteiger partial charge in [0, 0.05) is 19.3 Å². The van der Waals surface area contributed by atoms with Gasteiger partial charge >= 0.3 is 6.18 Å². The summed E-state index contributed by atoms with van der Waals surface area (Å²) in [6.07, 6.45) is -3.27. The normalized spacial score (nSPS) is 15.8. The monoisotopic (exact) mass is 308 g/mol. The lowest BCUT2D eigenvalue weighted by Crippen LogP contribution is -2.36. The predicted molar refractivity (Wildman–Crippen MR) is 69.1 cm³/mol. The Morgan fingerprint density at radius 2 is 2.05 bits per heavy atom. The standard InChI is InChI=1S/C12H15F3N2O2S/c1-17(8-12(13,14)15)20(18,19)11-6-2-5-10-9(11)4-3-7-16-10/h2,5-6,16H,3-4,7-8H2,1H3. The smallest absolute Gasteiger partial charge is 0.385 e. The van der Waals surface area contributed by atoms with Crippen LogP contribution < -0.4 is 5.32 Å². The van der Waals surface area contributed by atoms with Gasteiger partial charge in [-0.3, -0.25) is 0 Å². The van der Waals surface area contributed by atoms with Crippen LogP contribution in [0.3, 0.4) is 0 Å². The van der Waals surface area contributed by atoms with Crippen molar-refractivity contribution < 1.29 is 21.6 Å². The van der Waals surface area contributed by atoms with E-state index in [4.69, 9.17) is 0 Å². The molecule has 0 saturated heterocycles. The highest BCUT2D eigenvalue weighted by atomic mass is 32.2. The van der Waals surface area contributed by atoms with E-state index in [2.05, 4.69) is 5.32 Å². The zero-order valence-corrected chi connectivity index (χ0v) is 11.7. The van der Waals surface area contributed by atoms with Crippen molar-refractivity contribution >= 4 is 15.7 Å². The predicted octanol–water partition coefficient (Wildman–Crippen LogP) is 2.23. The first-order valence-corrected chi connectivity index (χ1v) is 7.55. The highest BCUT2D eigenvalue weighted by Crippen LogP contribution is 2.30. The number of nitrogens with one attached hydrogen (secondary N) is 1. The zero-order valence-electron chi connectivity index (χ0n) is 10.9. The Labute approximate surface area is 115 Å². The van der Waals surface area contributed by atoms with E-state index in [1.54, 1.807) is 6.07 Å². The molecule has 0 spiro atoms. The molecule has 1 aliphatic heterocycles.